The van der Waals surface area contributed by atoms with Gasteiger partial charge in [-0.25, -0.2) is 4.79 Å². The molecule has 0 saturated carbocycles. The molecule has 144 valence electrons. The predicted molar refractivity (Wildman–Crippen MR) is 99.9 cm³/mol. The van der Waals surface area contributed by atoms with E-state index in [1.165, 1.54) is 4.90 Å². The van der Waals surface area contributed by atoms with E-state index in [4.69, 9.17) is 0 Å². The smallest absolute Gasteiger partial charge is 0.326 e. The lowest BCUT2D eigenvalue weighted by molar-refractivity contribution is -0.140. The molecule has 26 heavy (non-hydrogen) atoms. The highest BCUT2D eigenvalue weighted by Crippen LogP contribution is 2.08. The molecule has 0 fully saturated rings. The molecule has 0 aromatic heterocycles. The highest BCUT2D eigenvalue weighted by molar-refractivity contribution is 5.97. The summed E-state index contributed by atoms with van der Waals surface area (Å²) in [5, 5.41) is 12.3. The van der Waals surface area contributed by atoms with Crippen LogP contribution in [0.3, 0.4) is 0 Å². The van der Waals surface area contributed by atoms with Gasteiger partial charge in [-0.15, -0.1) is 0 Å². The number of nitrogens with zero attached hydrogens (tertiary/aromatic N) is 2. The third-order valence-corrected chi connectivity index (χ3v) is 4.30. The number of benzene rings is 1. The topological polar surface area (TPSA) is 90.0 Å². The number of carbonyl (C=O) groups is 3. The Labute approximate surface area is 155 Å². The van der Waals surface area contributed by atoms with Crippen molar-refractivity contribution in [3.63, 3.8) is 0 Å². The van der Waals surface area contributed by atoms with E-state index < -0.39 is 24.0 Å². The highest BCUT2D eigenvalue weighted by Gasteiger charge is 2.29. The summed E-state index contributed by atoms with van der Waals surface area (Å²) in [7, 11) is 1.62. The van der Waals surface area contributed by atoms with Gasteiger partial charge >= 0.3 is 12.0 Å². The van der Waals surface area contributed by atoms with E-state index in [0.29, 0.717) is 19.4 Å². The summed E-state index contributed by atoms with van der Waals surface area (Å²) < 4.78 is 0. The zero-order valence-electron chi connectivity index (χ0n) is 15.9. The summed E-state index contributed by atoms with van der Waals surface area (Å²) in [4.78, 5) is 39.0. The summed E-state index contributed by atoms with van der Waals surface area (Å²) in [6.07, 6.45) is 0.937. The summed E-state index contributed by atoms with van der Waals surface area (Å²) in [6.45, 7) is 5.84. The minimum absolute atomic E-state index is 0.232. The number of hydrogen-bond acceptors (Lipinski definition) is 4. The van der Waals surface area contributed by atoms with Crippen LogP contribution in [-0.2, 0) is 16.0 Å². The molecule has 7 heteroatoms. The maximum Gasteiger partial charge on any atom is 0.326 e. The standard InChI is InChI=1S/C19H29N3O4/c1-5-21(4)19(26)22(6-2)17(23)14(3)20-16(18(24)25)13-12-15-10-8-7-9-11-15/h7-11,14,16,20H,5-6,12-13H2,1-4H3,(H,24,25). The Hall–Kier alpha value is -2.41. The minimum atomic E-state index is -1.01. The number of urea groups is 1. The van der Waals surface area contributed by atoms with Crippen LogP contribution in [0.4, 0.5) is 4.79 Å². The fraction of sp³-hybridized carbons (Fsp3) is 0.526. The maximum absolute atomic E-state index is 12.6. The van der Waals surface area contributed by atoms with E-state index in [0.717, 1.165) is 10.5 Å². The van der Waals surface area contributed by atoms with E-state index in [9.17, 15) is 19.5 Å². The van der Waals surface area contributed by atoms with Gasteiger partial charge in [0.05, 0.1) is 6.04 Å². The van der Waals surface area contributed by atoms with E-state index in [1.54, 1.807) is 20.9 Å². The van der Waals surface area contributed by atoms with Gasteiger partial charge in [0.1, 0.15) is 6.04 Å². The largest absolute Gasteiger partial charge is 0.480 e. The highest BCUT2D eigenvalue weighted by atomic mass is 16.4. The quantitative estimate of drug-likeness (QED) is 0.700. The Morgan fingerprint density at radius 1 is 1.12 bits per heavy atom. The average Bonchev–Trinajstić information content (AvgIpc) is 2.64. The van der Waals surface area contributed by atoms with Gasteiger partial charge in [-0.2, -0.15) is 0 Å². The van der Waals surface area contributed by atoms with Crippen LogP contribution in [-0.4, -0.2) is 65.0 Å². The Kier molecular flexibility index (Phi) is 8.78. The third-order valence-electron chi connectivity index (χ3n) is 4.30. The average molecular weight is 363 g/mol. The molecule has 0 heterocycles. The first-order valence-corrected chi connectivity index (χ1v) is 8.91. The molecule has 0 aliphatic heterocycles. The molecule has 0 aliphatic rings. The first-order chi connectivity index (χ1) is 12.3. The zero-order chi connectivity index (χ0) is 19.7. The van der Waals surface area contributed by atoms with Crippen molar-refractivity contribution in [1.29, 1.82) is 0 Å². The Morgan fingerprint density at radius 3 is 2.23 bits per heavy atom. The van der Waals surface area contributed by atoms with Gasteiger partial charge in [0.15, 0.2) is 0 Å². The lowest BCUT2D eigenvalue weighted by Gasteiger charge is -2.28. The number of likely N-dealkylation sites (N-methyl/N-ethyl adjacent to an activating group) is 1. The molecule has 0 aliphatic carbocycles. The first kappa shape index (κ1) is 21.6. The minimum Gasteiger partial charge on any atom is -0.480 e. The predicted octanol–water partition coefficient (Wildman–Crippen LogP) is 1.97. The number of imide groups is 1. The fourth-order valence-electron chi connectivity index (χ4n) is 2.57. The lowest BCUT2D eigenvalue weighted by Crippen LogP contribution is -2.54. The van der Waals surface area contributed by atoms with E-state index in [2.05, 4.69) is 5.32 Å². The van der Waals surface area contributed by atoms with Crippen LogP contribution >= 0.6 is 0 Å². The van der Waals surface area contributed by atoms with Gasteiger partial charge in [0.2, 0.25) is 5.91 Å². The van der Waals surface area contributed by atoms with Gasteiger partial charge in [-0.3, -0.25) is 19.8 Å². The molecule has 7 nitrogen and oxygen atoms in total. The number of carboxylic acid groups (broad SMARTS) is 1. The number of aliphatic carboxylic acids is 1. The molecule has 1 aromatic rings. The van der Waals surface area contributed by atoms with Crippen LogP contribution < -0.4 is 5.32 Å². The Morgan fingerprint density at radius 2 is 1.73 bits per heavy atom. The van der Waals surface area contributed by atoms with Crippen molar-refractivity contribution >= 4 is 17.9 Å². The van der Waals surface area contributed by atoms with Crippen molar-refractivity contribution in [3.8, 4) is 0 Å². The van der Waals surface area contributed by atoms with Crippen molar-refractivity contribution < 1.29 is 19.5 Å². The van der Waals surface area contributed by atoms with Crippen molar-refractivity contribution in [2.75, 3.05) is 20.1 Å². The molecule has 0 bridgehead atoms. The second-order valence-electron chi connectivity index (χ2n) is 6.18. The number of hydrogen-bond donors (Lipinski definition) is 2. The molecule has 0 radical (unpaired) electrons. The van der Waals surface area contributed by atoms with E-state index in [-0.39, 0.29) is 12.6 Å². The molecule has 1 rings (SSSR count). The summed E-state index contributed by atoms with van der Waals surface area (Å²) in [5.74, 6) is -1.44. The Bertz CT molecular complexity index is 606. The van der Waals surface area contributed by atoms with Gasteiger partial charge in [0.25, 0.3) is 0 Å². The second-order valence-corrected chi connectivity index (χ2v) is 6.18. The number of carbonyl (C=O) groups excluding carboxylic acids is 2. The number of rotatable bonds is 9. The number of amides is 3. The molecule has 0 saturated heterocycles. The number of aryl methyl sites for hydroxylation is 1. The van der Waals surface area contributed by atoms with E-state index >= 15 is 0 Å². The van der Waals surface area contributed by atoms with Crippen LogP contribution in [0.2, 0.25) is 0 Å². The second kappa shape index (κ2) is 10.6. The first-order valence-electron chi connectivity index (χ1n) is 8.91. The van der Waals surface area contributed by atoms with Crippen molar-refractivity contribution in [3.05, 3.63) is 35.9 Å². The Balaban J connectivity index is 2.72. The van der Waals surface area contributed by atoms with Gasteiger partial charge < -0.3 is 10.0 Å². The van der Waals surface area contributed by atoms with Crippen LogP contribution in [0.5, 0.6) is 0 Å². The van der Waals surface area contributed by atoms with Crippen LogP contribution in [0.25, 0.3) is 0 Å². The molecule has 3 amide bonds. The summed E-state index contributed by atoms with van der Waals surface area (Å²) >= 11 is 0. The van der Waals surface area contributed by atoms with Crippen LogP contribution in [0.1, 0.15) is 32.8 Å². The molecule has 0 spiro atoms. The van der Waals surface area contributed by atoms with E-state index in [1.807, 2.05) is 37.3 Å². The van der Waals surface area contributed by atoms with Crippen molar-refractivity contribution in [2.45, 2.75) is 45.7 Å². The molecule has 2 atom stereocenters. The lowest BCUT2D eigenvalue weighted by atomic mass is 10.0. The monoisotopic (exact) mass is 363 g/mol. The summed E-state index contributed by atoms with van der Waals surface area (Å²) in [6, 6.07) is 7.55. The molecule has 2 unspecified atom stereocenters. The van der Waals surface area contributed by atoms with Crippen LogP contribution in [0, 0.1) is 0 Å². The zero-order valence-corrected chi connectivity index (χ0v) is 15.9. The molecular weight excluding hydrogens is 334 g/mol. The number of carboxylic acids is 1. The normalized spacial score (nSPS) is 12.9. The molecule has 2 N–H and O–H groups in total. The van der Waals surface area contributed by atoms with Gasteiger partial charge in [-0.1, -0.05) is 30.3 Å². The fourth-order valence-corrected chi connectivity index (χ4v) is 2.57. The molecular formula is C19H29N3O4. The third kappa shape index (κ3) is 6.15. The SMILES string of the molecule is CCN(C)C(=O)N(CC)C(=O)C(C)NC(CCc1ccccc1)C(=O)O. The number of nitrogens with one attached hydrogen (secondary N) is 1. The van der Waals surface area contributed by atoms with Gasteiger partial charge in [-0.05, 0) is 39.2 Å². The van der Waals surface area contributed by atoms with Gasteiger partial charge in [0, 0.05) is 20.1 Å². The van der Waals surface area contributed by atoms with Crippen molar-refractivity contribution in [2.24, 2.45) is 0 Å². The summed E-state index contributed by atoms with van der Waals surface area (Å²) in [5.41, 5.74) is 1.04. The van der Waals surface area contributed by atoms with Crippen LogP contribution in [0.15, 0.2) is 30.3 Å². The maximum atomic E-state index is 12.6. The molecule has 1 aromatic carbocycles. The van der Waals surface area contributed by atoms with Crippen molar-refractivity contribution in [1.82, 2.24) is 15.1 Å².